The standard InChI is InChI=1S/C14H15ClN2O/c1-10-3-5-12(13(15)9-10)14(18)6-4-11-7-8-16-17(11)2/h3,5,7-9H,4,6H2,1-2H3. The van der Waals surface area contributed by atoms with Gasteiger partial charge < -0.3 is 0 Å². The summed E-state index contributed by atoms with van der Waals surface area (Å²) in [6.45, 7) is 1.95. The van der Waals surface area contributed by atoms with Crippen LogP contribution in [0.4, 0.5) is 0 Å². The molecule has 1 heterocycles. The van der Waals surface area contributed by atoms with E-state index in [2.05, 4.69) is 5.10 Å². The van der Waals surface area contributed by atoms with Gasteiger partial charge in [-0.1, -0.05) is 17.7 Å². The average molecular weight is 263 g/mol. The fourth-order valence-electron chi connectivity index (χ4n) is 1.87. The van der Waals surface area contributed by atoms with Crippen molar-refractivity contribution in [3.05, 3.63) is 52.3 Å². The lowest BCUT2D eigenvalue weighted by molar-refractivity contribution is 0.0982. The molecular formula is C14H15ClN2O. The molecule has 4 heteroatoms. The first kappa shape index (κ1) is 12.8. The van der Waals surface area contributed by atoms with E-state index in [0.29, 0.717) is 23.4 Å². The molecule has 0 spiro atoms. The molecule has 18 heavy (non-hydrogen) atoms. The third-order valence-corrected chi connectivity index (χ3v) is 3.27. The highest BCUT2D eigenvalue weighted by molar-refractivity contribution is 6.34. The zero-order chi connectivity index (χ0) is 13.1. The Morgan fingerprint density at radius 1 is 1.39 bits per heavy atom. The number of halogens is 1. The van der Waals surface area contributed by atoms with Crippen molar-refractivity contribution in [1.82, 2.24) is 9.78 Å². The number of aryl methyl sites for hydroxylation is 3. The summed E-state index contributed by atoms with van der Waals surface area (Å²) >= 11 is 6.08. The molecule has 1 aromatic heterocycles. The van der Waals surface area contributed by atoms with Crippen LogP contribution in [0.15, 0.2) is 30.5 Å². The molecule has 94 valence electrons. The largest absolute Gasteiger partial charge is 0.294 e. The zero-order valence-corrected chi connectivity index (χ0v) is 11.2. The average Bonchev–Trinajstić information content (AvgIpc) is 2.72. The van der Waals surface area contributed by atoms with E-state index in [-0.39, 0.29) is 5.78 Å². The number of nitrogens with zero attached hydrogens (tertiary/aromatic N) is 2. The summed E-state index contributed by atoms with van der Waals surface area (Å²) in [7, 11) is 1.87. The van der Waals surface area contributed by atoms with E-state index in [1.54, 1.807) is 16.9 Å². The lowest BCUT2D eigenvalue weighted by Gasteiger charge is -2.05. The molecule has 0 saturated carbocycles. The zero-order valence-electron chi connectivity index (χ0n) is 10.5. The Morgan fingerprint density at radius 3 is 2.78 bits per heavy atom. The van der Waals surface area contributed by atoms with Gasteiger partial charge in [-0.15, -0.1) is 0 Å². The van der Waals surface area contributed by atoms with Crippen molar-refractivity contribution in [1.29, 1.82) is 0 Å². The summed E-state index contributed by atoms with van der Waals surface area (Å²) in [6, 6.07) is 7.44. The molecule has 2 aromatic rings. The molecule has 0 fully saturated rings. The molecule has 0 aliphatic rings. The molecular weight excluding hydrogens is 248 g/mol. The van der Waals surface area contributed by atoms with E-state index < -0.39 is 0 Å². The number of ketones is 1. The van der Waals surface area contributed by atoms with Crippen LogP contribution < -0.4 is 0 Å². The number of Topliss-reactive ketones (excluding diaryl/α,β-unsaturated/α-hetero) is 1. The number of carbonyl (C=O) groups is 1. The monoisotopic (exact) mass is 262 g/mol. The first-order valence-electron chi connectivity index (χ1n) is 5.84. The predicted octanol–water partition coefficient (Wildman–Crippen LogP) is 3.20. The van der Waals surface area contributed by atoms with Crippen LogP contribution in [0.1, 0.15) is 28.0 Å². The van der Waals surface area contributed by atoms with Gasteiger partial charge in [-0.3, -0.25) is 9.48 Å². The molecule has 0 amide bonds. The summed E-state index contributed by atoms with van der Waals surface area (Å²) in [5, 5.41) is 4.61. The summed E-state index contributed by atoms with van der Waals surface area (Å²) in [4.78, 5) is 12.1. The molecule has 0 N–H and O–H groups in total. The maximum atomic E-state index is 12.1. The highest BCUT2D eigenvalue weighted by Gasteiger charge is 2.11. The summed E-state index contributed by atoms with van der Waals surface area (Å²) in [5.74, 6) is 0.0706. The first-order chi connectivity index (χ1) is 8.58. The van der Waals surface area contributed by atoms with Crippen LogP contribution in [0.25, 0.3) is 0 Å². The van der Waals surface area contributed by atoms with E-state index in [0.717, 1.165) is 11.3 Å². The third-order valence-electron chi connectivity index (χ3n) is 2.96. The molecule has 0 radical (unpaired) electrons. The Bertz CT molecular complexity index is 575. The number of benzene rings is 1. The van der Waals surface area contributed by atoms with Crippen molar-refractivity contribution in [3.8, 4) is 0 Å². The Labute approximate surface area is 111 Å². The molecule has 3 nitrogen and oxygen atoms in total. The van der Waals surface area contributed by atoms with Gasteiger partial charge in [0.25, 0.3) is 0 Å². The van der Waals surface area contributed by atoms with E-state index in [1.165, 1.54) is 0 Å². The molecule has 0 saturated heterocycles. The van der Waals surface area contributed by atoms with E-state index >= 15 is 0 Å². The second-order valence-electron chi connectivity index (χ2n) is 4.35. The minimum Gasteiger partial charge on any atom is -0.294 e. The van der Waals surface area contributed by atoms with Crippen molar-refractivity contribution < 1.29 is 4.79 Å². The number of aromatic nitrogens is 2. The van der Waals surface area contributed by atoms with E-state index in [4.69, 9.17) is 11.6 Å². The maximum Gasteiger partial charge on any atom is 0.164 e. The highest BCUT2D eigenvalue weighted by Crippen LogP contribution is 2.19. The Kier molecular flexibility index (Phi) is 3.82. The smallest absolute Gasteiger partial charge is 0.164 e. The van der Waals surface area contributed by atoms with Crippen LogP contribution in [0.3, 0.4) is 0 Å². The lowest BCUT2D eigenvalue weighted by Crippen LogP contribution is -2.05. The Morgan fingerprint density at radius 2 is 2.17 bits per heavy atom. The van der Waals surface area contributed by atoms with Crippen molar-refractivity contribution in [2.45, 2.75) is 19.8 Å². The molecule has 0 atom stereocenters. The third kappa shape index (κ3) is 2.79. The van der Waals surface area contributed by atoms with Gasteiger partial charge in [-0.05, 0) is 37.1 Å². The van der Waals surface area contributed by atoms with Crippen molar-refractivity contribution in [3.63, 3.8) is 0 Å². The molecule has 0 aliphatic carbocycles. The number of carbonyl (C=O) groups excluding carboxylic acids is 1. The van der Waals surface area contributed by atoms with Crippen molar-refractivity contribution >= 4 is 17.4 Å². The van der Waals surface area contributed by atoms with Crippen LogP contribution in [-0.4, -0.2) is 15.6 Å². The van der Waals surface area contributed by atoms with Gasteiger partial charge in [0.05, 0.1) is 5.02 Å². The van der Waals surface area contributed by atoms with Gasteiger partial charge >= 0.3 is 0 Å². The van der Waals surface area contributed by atoms with Gasteiger partial charge in [0, 0.05) is 30.9 Å². The highest BCUT2D eigenvalue weighted by atomic mass is 35.5. The normalized spacial score (nSPS) is 10.6. The molecule has 0 unspecified atom stereocenters. The van der Waals surface area contributed by atoms with E-state index in [9.17, 15) is 4.79 Å². The number of rotatable bonds is 4. The molecule has 0 aliphatic heterocycles. The second kappa shape index (κ2) is 5.36. The summed E-state index contributed by atoms with van der Waals surface area (Å²) in [5.41, 5.74) is 2.71. The van der Waals surface area contributed by atoms with Crippen molar-refractivity contribution in [2.24, 2.45) is 7.05 Å². The summed E-state index contributed by atoms with van der Waals surface area (Å²) < 4.78 is 1.78. The molecule has 0 bridgehead atoms. The lowest BCUT2D eigenvalue weighted by atomic mass is 10.0. The topological polar surface area (TPSA) is 34.9 Å². The molecule has 1 aromatic carbocycles. The van der Waals surface area contributed by atoms with Crippen LogP contribution in [-0.2, 0) is 13.5 Å². The quantitative estimate of drug-likeness (QED) is 0.793. The predicted molar refractivity (Wildman–Crippen MR) is 72.0 cm³/mol. The van der Waals surface area contributed by atoms with Crippen LogP contribution in [0.2, 0.25) is 5.02 Å². The van der Waals surface area contributed by atoms with Gasteiger partial charge in [0.2, 0.25) is 0 Å². The minimum absolute atomic E-state index is 0.0706. The first-order valence-corrected chi connectivity index (χ1v) is 6.22. The SMILES string of the molecule is Cc1ccc(C(=O)CCc2ccnn2C)c(Cl)c1. The van der Waals surface area contributed by atoms with Crippen LogP contribution in [0, 0.1) is 6.92 Å². The van der Waals surface area contributed by atoms with Gasteiger partial charge in [0.15, 0.2) is 5.78 Å². The number of hydrogen-bond acceptors (Lipinski definition) is 2. The van der Waals surface area contributed by atoms with Gasteiger partial charge in [-0.2, -0.15) is 5.10 Å². The summed E-state index contributed by atoms with van der Waals surface area (Å²) in [6.07, 6.45) is 2.86. The van der Waals surface area contributed by atoms with Gasteiger partial charge in [0.1, 0.15) is 0 Å². The maximum absolute atomic E-state index is 12.1. The minimum atomic E-state index is 0.0706. The van der Waals surface area contributed by atoms with Crippen molar-refractivity contribution in [2.75, 3.05) is 0 Å². The fraction of sp³-hybridized carbons (Fsp3) is 0.286. The number of hydrogen-bond donors (Lipinski definition) is 0. The Balaban J connectivity index is 2.06. The van der Waals surface area contributed by atoms with Crippen LogP contribution >= 0.6 is 11.6 Å². The van der Waals surface area contributed by atoms with E-state index in [1.807, 2.05) is 32.2 Å². The van der Waals surface area contributed by atoms with Gasteiger partial charge in [-0.25, -0.2) is 0 Å². The second-order valence-corrected chi connectivity index (χ2v) is 4.76. The Hall–Kier alpha value is -1.61. The fourth-order valence-corrected chi connectivity index (χ4v) is 2.21. The molecule has 2 rings (SSSR count). The van der Waals surface area contributed by atoms with Crippen LogP contribution in [0.5, 0.6) is 0 Å².